The molecular formula is C16H10F7NS. The molecule has 0 spiro atoms. The number of rotatable bonds is 5. The predicted octanol–water partition coefficient (Wildman–Crippen LogP) is 5.73. The highest BCUT2D eigenvalue weighted by molar-refractivity contribution is 8.00. The summed E-state index contributed by atoms with van der Waals surface area (Å²) in [4.78, 5) is -0.590. The van der Waals surface area contributed by atoms with Gasteiger partial charge in [-0.2, -0.15) is 0 Å². The highest BCUT2D eigenvalue weighted by Gasteiger charge is 2.30. The summed E-state index contributed by atoms with van der Waals surface area (Å²) < 4.78 is 96.9. The maximum absolute atomic E-state index is 14.1. The molecule has 0 saturated heterocycles. The van der Waals surface area contributed by atoms with Gasteiger partial charge < -0.3 is 4.72 Å². The Morgan fingerprint density at radius 2 is 1.40 bits per heavy atom. The monoisotopic (exact) mass is 381 g/mol. The van der Waals surface area contributed by atoms with Crippen LogP contribution in [0.2, 0.25) is 0 Å². The standard InChI is InChI=1S/C16H10F7NS/c17-8-4-10(19)11(5-9(8)18)24-25-16-7(3-6-1-2-6)12(20)13(21)14(22)15(16)23/h4-6,24H,1-3H2. The van der Waals surface area contributed by atoms with Crippen LogP contribution in [0.5, 0.6) is 0 Å². The predicted molar refractivity (Wildman–Crippen MR) is 78.5 cm³/mol. The summed E-state index contributed by atoms with van der Waals surface area (Å²) >= 11 is 0.262. The Bertz CT molecular complexity index is 836. The van der Waals surface area contributed by atoms with Crippen LogP contribution >= 0.6 is 11.9 Å². The van der Waals surface area contributed by atoms with Gasteiger partial charge in [-0.25, -0.2) is 30.7 Å². The van der Waals surface area contributed by atoms with Crippen LogP contribution in [0.4, 0.5) is 36.4 Å². The number of hydrogen-bond donors (Lipinski definition) is 1. The molecule has 0 unspecified atom stereocenters. The van der Waals surface area contributed by atoms with Gasteiger partial charge in [0.1, 0.15) is 5.82 Å². The molecule has 1 N–H and O–H groups in total. The maximum atomic E-state index is 14.1. The Balaban J connectivity index is 1.95. The largest absolute Gasteiger partial charge is 0.323 e. The molecule has 3 rings (SSSR count). The Labute approximate surface area is 142 Å². The molecule has 1 nitrogen and oxygen atoms in total. The number of anilines is 1. The van der Waals surface area contributed by atoms with Gasteiger partial charge in [-0.15, -0.1) is 0 Å². The van der Waals surface area contributed by atoms with Crippen molar-refractivity contribution in [2.24, 2.45) is 5.92 Å². The molecule has 1 aliphatic rings. The summed E-state index contributed by atoms with van der Waals surface area (Å²) in [7, 11) is 0. The number of halogens is 7. The first kappa shape index (κ1) is 17.9. The van der Waals surface area contributed by atoms with Gasteiger partial charge in [0.25, 0.3) is 0 Å². The second-order valence-corrected chi connectivity index (χ2v) is 6.48. The van der Waals surface area contributed by atoms with Crippen molar-refractivity contribution in [3.63, 3.8) is 0 Å². The molecule has 0 amide bonds. The average molecular weight is 381 g/mol. The normalized spacial score (nSPS) is 14.0. The van der Waals surface area contributed by atoms with E-state index in [0.29, 0.717) is 6.07 Å². The van der Waals surface area contributed by atoms with E-state index in [4.69, 9.17) is 0 Å². The summed E-state index contributed by atoms with van der Waals surface area (Å²) in [5, 5.41) is 0. The van der Waals surface area contributed by atoms with E-state index < -0.39 is 51.3 Å². The summed E-state index contributed by atoms with van der Waals surface area (Å²) in [5.74, 6) is -11.0. The van der Waals surface area contributed by atoms with Crippen LogP contribution in [-0.4, -0.2) is 0 Å². The molecule has 9 heteroatoms. The molecule has 1 aliphatic carbocycles. The molecule has 0 bridgehead atoms. The fraction of sp³-hybridized carbons (Fsp3) is 0.250. The van der Waals surface area contributed by atoms with Crippen molar-refractivity contribution < 1.29 is 30.7 Å². The smallest absolute Gasteiger partial charge is 0.198 e. The summed E-state index contributed by atoms with van der Waals surface area (Å²) in [6, 6.07) is 0.748. The molecule has 0 heterocycles. The molecule has 0 radical (unpaired) electrons. The fourth-order valence-corrected chi connectivity index (χ4v) is 3.11. The first-order valence-electron chi connectivity index (χ1n) is 7.21. The quantitative estimate of drug-likeness (QED) is 0.307. The lowest BCUT2D eigenvalue weighted by Gasteiger charge is -2.14. The second kappa shape index (κ2) is 6.78. The minimum Gasteiger partial charge on any atom is -0.323 e. The maximum Gasteiger partial charge on any atom is 0.198 e. The Kier molecular flexibility index (Phi) is 4.86. The van der Waals surface area contributed by atoms with E-state index >= 15 is 0 Å². The van der Waals surface area contributed by atoms with Gasteiger partial charge in [-0.1, -0.05) is 0 Å². The van der Waals surface area contributed by atoms with Crippen LogP contribution in [0, 0.1) is 46.6 Å². The first-order chi connectivity index (χ1) is 11.8. The van der Waals surface area contributed by atoms with Crippen molar-refractivity contribution in [2.75, 3.05) is 4.72 Å². The number of nitrogens with one attached hydrogen (secondary N) is 1. The average Bonchev–Trinajstić information content (AvgIpc) is 3.38. The van der Waals surface area contributed by atoms with Crippen LogP contribution in [0.1, 0.15) is 18.4 Å². The van der Waals surface area contributed by atoms with Gasteiger partial charge in [0.05, 0.1) is 10.6 Å². The molecule has 2 aromatic rings. The lowest BCUT2D eigenvalue weighted by atomic mass is 10.1. The molecular weight excluding hydrogens is 371 g/mol. The SMILES string of the molecule is Fc1cc(F)c(NSc2c(F)c(F)c(F)c(F)c2CC2CC2)cc1F. The minimum atomic E-state index is -1.99. The van der Waals surface area contributed by atoms with Gasteiger partial charge in [0.15, 0.2) is 34.9 Å². The zero-order chi connectivity index (χ0) is 18.3. The van der Waals surface area contributed by atoms with Gasteiger partial charge in [-0.05, 0) is 37.1 Å². The van der Waals surface area contributed by atoms with Gasteiger partial charge in [-0.3, -0.25) is 0 Å². The highest BCUT2D eigenvalue weighted by atomic mass is 32.2. The van der Waals surface area contributed by atoms with E-state index in [2.05, 4.69) is 4.72 Å². The van der Waals surface area contributed by atoms with Crippen molar-refractivity contribution in [1.29, 1.82) is 0 Å². The van der Waals surface area contributed by atoms with Crippen LogP contribution < -0.4 is 4.72 Å². The minimum absolute atomic E-state index is 0.00969. The Morgan fingerprint density at radius 3 is 2.04 bits per heavy atom. The van der Waals surface area contributed by atoms with Crippen molar-refractivity contribution in [2.45, 2.75) is 24.2 Å². The zero-order valence-electron chi connectivity index (χ0n) is 12.4. The Hall–Kier alpha value is -1.90. The molecule has 0 atom stereocenters. The lowest BCUT2D eigenvalue weighted by Crippen LogP contribution is -2.08. The first-order valence-corrected chi connectivity index (χ1v) is 8.03. The third kappa shape index (κ3) is 3.56. The molecule has 0 aromatic heterocycles. The zero-order valence-corrected chi connectivity index (χ0v) is 13.2. The summed E-state index contributed by atoms with van der Waals surface area (Å²) in [6.45, 7) is 0. The molecule has 25 heavy (non-hydrogen) atoms. The topological polar surface area (TPSA) is 12.0 Å². The van der Waals surface area contributed by atoms with Crippen LogP contribution in [0.15, 0.2) is 17.0 Å². The molecule has 1 fully saturated rings. The number of benzene rings is 2. The van der Waals surface area contributed by atoms with Crippen molar-refractivity contribution >= 4 is 17.6 Å². The summed E-state index contributed by atoms with van der Waals surface area (Å²) in [6.07, 6.45) is 1.48. The van der Waals surface area contributed by atoms with Crippen LogP contribution in [-0.2, 0) is 6.42 Å². The van der Waals surface area contributed by atoms with Crippen molar-refractivity contribution in [3.8, 4) is 0 Å². The molecule has 134 valence electrons. The van der Waals surface area contributed by atoms with Gasteiger partial charge >= 0.3 is 0 Å². The van der Waals surface area contributed by atoms with E-state index in [-0.39, 0.29) is 35.9 Å². The second-order valence-electron chi connectivity index (χ2n) is 5.66. The molecule has 2 aromatic carbocycles. The van der Waals surface area contributed by atoms with E-state index in [9.17, 15) is 30.7 Å². The molecule has 0 aliphatic heterocycles. The van der Waals surface area contributed by atoms with Gasteiger partial charge in [0, 0.05) is 17.7 Å². The van der Waals surface area contributed by atoms with E-state index in [0.717, 1.165) is 12.8 Å². The highest BCUT2D eigenvalue weighted by Crippen LogP contribution is 2.39. The summed E-state index contributed by atoms with van der Waals surface area (Å²) in [5.41, 5.74) is -0.926. The van der Waals surface area contributed by atoms with E-state index in [1.165, 1.54) is 0 Å². The van der Waals surface area contributed by atoms with Crippen molar-refractivity contribution in [3.05, 3.63) is 58.4 Å². The third-order valence-corrected chi connectivity index (χ3v) is 4.73. The fourth-order valence-electron chi connectivity index (χ4n) is 2.26. The van der Waals surface area contributed by atoms with Crippen LogP contribution in [0.25, 0.3) is 0 Å². The third-order valence-electron chi connectivity index (χ3n) is 3.78. The van der Waals surface area contributed by atoms with Gasteiger partial charge in [0.2, 0.25) is 0 Å². The lowest BCUT2D eigenvalue weighted by molar-refractivity contribution is 0.390. The number of hydrogen-bond acceptors (Lipinski definition) is 2. The van der Waals surface area contributed by atoms with E-state index in [1.807, 2.05) is 0 Å². The van der Waals surface area contributed by atoms with Crippen LogP contribution in [0.3, 0.4) is 0 Å². The molecule has 1 saturated carbocycles. The van der Waals surface area contributed by atoms with Crippen molar-refractivity contribution in [1.82, 2.24) is 0 Å². The van der Waals surface area contributed by atoms with E-state index in [1.54, 1.807) is 0 Å². The Morgan fingerprint density at radius 1 is 0.800 bits per heavy atom.